The number of dihydropyridines is 2. The van der Waals surface area contributed by atoms with E-state index in [-0.39, 0.29) is 0 Å². The van der Waals surface area contributed by atoms with Crippen LogP contribution in [0.5, 0.6) is 0 Å². The van der Waals surface area contributed by atoms with Gasteiger partial charge in [0.05, 0.1) is 11.4 Å². The van der Waals surface area contributed by atoms with Crippen molar-refractivity contribution in [2.45, 2.75) is 23.6 Å². The predicted molar refractivity (Wildman–Crippen MR) is 172 cm³/mol. The van der Waals surface area contributed by atoms with Gasteiger partial charge in [-0.2, -0.15) is 0 Å². The summed E-state index contributed by atoms with van der Waals surface area (Å²) in [6.07, 6.45) is 12.9. The van der Waals surface area contributed by atoms with Gasteiger partial charge in [0.1, 0.15) is 0 Å². The molecule has 3 heterocycles. The van der Waals surface area contributed by atoms with Gasteiger partial charge >= 0.3 is 0 Å². The van der Waals surface area contributed by atoms with Crippen LogP contribution in [0.4, 0.5) is 17.1 Å². The first-order valence-corrected chi connectivity index (χ1v) is 14.8. The van der Waals surface area contributed by atoms with E-state index in [2.05, 4.69) is 131 Å². The molecule has 0 fully saturated rings. The van der Waals surface area contributed by atoms with Crippen LogP contribution >= 0.6 is 11.8 Å². The summed E-state index contributed by atoms with van der Waals surface area (Å²) in [4.78, 5) is 4.94. The largest absolute Gasteiger partial charge is 0.387 e. The predicted octanol–water partition coefficient (Wildman–Crippen LogP) is 9.31. The number of nitrogens with one attached hydrogen (secondary N) is 2. The lowest BCUT2D eigenvalue weighted by atomic mass is 10.0. The number of rotatable bonds is 4. The van der Waals surface area contributed by atoms with Crippen LogP contribution in [0.1, 0.15) is 25.0 Å². The van der Waals surface area contributed by atoms with Crippen molar-refractivity contribution in [3.8, 4) is 11.1 Å². The van der Waals surface area contributed by atoms with Crippen LogP contribution in [0.2, 0.25) is 0 Å². The first kappa shape index (κ1) is 25.8. The third kappa shape index (κ3) is 5.11. The smallest absolute Gasteiger partial charge is 0.0602 e. The Kier molecular flexibility index (Phi) is 7.60. The van der Waals surface area contributed by atoms with Gasteiger partial charge in [-0.05, 0) is 94.4 Å². The Hall–Kier alpha value is -4.41. The Labute approximate surface area is 241 Å². The van der Waals surface area contributed by atoms with Gasteiger partial charge in [-0.3, -0.25) is 0 Å². The molecule has 2 N–H and O–H groups in total. The molecular formula is C36H33N3S. The second-order valence-corrected chi connectivity index (χ2v) is 10.6. The van der Waals surface area contributed by atoms with E-state index in [1.54, 1.807) is 0 Å². The SMILES string of the molecule is C1=CC(c2ccc3c(c2)Sc2cc(C4=CCNC=C4)ccc2N3c2ccc(-c3ccccc3)cc2)=CCN1.CC. The van der Waals surface area contributed by atoms with E-state index in [0.717, 1.165) is 18.8 Å². The minimum absolute atomic E-state index is 0.861. The molecule has 4 aromatic carbocycles. The molecule has 0 bridgehead atoms. The molecule has 0 atom stereocenters. The van der Waals surface area contributed by atoms with Gasteiger partial charge in [-0.1, -0.05) is 92.4 Å². The molecule has 4 heteroatoms. The third-order valence-electron chi connectivity index (χ3n) is 7.16. The fourth-order valence-electron chi connectivity index (χ4n) is 5.22. The summed E-state index contributed by atoms with van der Waals surface area (Å²) in [5.41, 5.74) is 11.1. The van der Waals surface area contributed by atoms with Crippen LogP contribution in [-0.2, 0) is 0 Å². The molecule has 0 unspecified atom stereocenters. The first-order valence-electron chi connectivity index (χ1n) is 14.0. The summed E-state index contributed by atoms with van der Waals surface area (Å²) < 4.78 is 0. The quantitative estimate of drug-likeness (QED) is 0.238. The van der Waals surface area contributed by atoms with Crippen LogP contribution in [0, 0.1) is 0 Å². The molecule has 0 amide bonds. The van der Waals surface area contributed by atoms with Gasteiger partial charge in [-0.15, -0.1) is 0 Å². The van der Waals surface area contributed by atoms with E-state index in [0.29, 0.717) is 0 Å². The van der Waals surface area contributed by atoms with Crippen LogP contribution in [0.15, 0.2) is 137 Å². The summed E-state index contributed by atoms with van der Waals surface area (Å²) >= 11 is 1.86. The van der Waals surface area contributed by atoms with E-state index < -0.39 is 0 Å². The molecule has 198 valence electrons. The van der Waals surface area contributed by atoms with Crippen molar-refractivity contribution >= 4 is 40.0 Å². The molecular weight excluding hydrogens is 506 g/mol. The zero-order valence-corrected chi connectivity index (χ0v) is 23.7. The third-order valence-corrected chi connectivity index (χ3v) is 8.26. The Morgan fingerprint density at radius 3 is 1.57 bits per heavy atom. The topological polar surface area (TPSA) is 27.3 Å². The first-order chi connectivity index (χ1) is 19.8. The molecule has 0 saturated carbocycles. The summed E-state index contributed by atoms with van der Waals surface area (Å²) in [6, 6.07) is 33.2. The second-order valence-electron chi connectivity index (χ2n) is 9.52. The average Bonchev–Trinajstić information content (AvgIpc) is 3.05. The van der Waals surface area contributed by atoms with Crippen LogP contribution in [0.25, 0.3) is 22.3 Å². The highest BCUT2D eigenvalue weighted by Crippen LogP contribution is 2.52. The van der Waals surface area contributed by atoms with E-state index in [1.165, 1.54) is 54.6 Å². The molecule has 0 aromatic heterocycles. The Morgan fingerprint density at radius 2 is 1.07 bits per heavy atom. The zero-order valence-electron chi connectivity index (χ0n) is 22.9. The van der Waals surface area contributed by atoms with Crippen molar-refractivity contribution in [3.63, 3.8) is 0 Å². The number of hydrogen-bond acceptors (Lipinski definition) is 4. The maximum absolute atomic E-state index is 3.26. The summed E-state index contributed by atoms with van der Waals surface area (Å²) in [5.74, 6) is 0. The number of benzene rings is 4. The van der Waals surface area contributed by atoms with Gasteiger partial charge in [0.2, 0.25) is 0 Å². The van der Waals surface area contributed by atoms with E-state index in [9.17, 15) is 0 Å². The molecule has 3 aliphatic heterocycles. The average molecular weight is 540 g/mol. The molecule has 7 rings (SSSR count). The fourth-order valence-corrected chi connectivity index (χ4v) is 6.35. The van der Waals surface area contributed by atoms with E-state index in [4.69, 9.17) is 0 Å². The summed E-state index contributed by atoms with van der Waals surface area (Å²) in [5, 5.41) is 6.51. The molecule has 3 nitrogen and oxygen atoms in total. The standard InChI is InChI=1S/C34H27N3S.C2H6/c1-2-4-24(5-3-1)25-6-10-30(11-7-25)37-31-12-8-28(26-14-18-35-19-15-26)22-33(31)38-34-23-29(9-13-32(34)37)27-16-20-36-21-17-27;1-2/h1-18,20,22-23,35-36H,19,21H2;1-2H3. The molecule has 0 spiro atoms. The summed E-state index contributed by atoms with van der Waals surface area (Å²) in [7, 11) is 0. The molecule has 0 radical (unpaired) electrons. The maximum atomic E-state index is 3.26. The van der Waals surface area contributed by atoms with E-state index >= 15 is 0 Å². The van der Waals surface area contributed by atoms with Crippen LogP contribution in [0.3, 0.4) is 0 Å². The molecule has 40 heavy (non-hydrogen) atoms. The van der Waals surface area contributed by atoms with Crippen molar-refractivity contribution in [1.29, 1.82) is 0 Å². The molecule has 3 aliphatic rings. The van der Waals surface area contributed by atoms with Crippen LogP contribution < -0.4 is 15.5 Å². The second kappa shape index (κ2) is 11.8. The lowest BCUT2D eigenvalue weighted by molar-refractivity contribution is 0.975. The molecule has 0 aliphatic carbocycles. The van der Waals surface area contributed by atoms with Gasteiger partial charge in [0.25, 0.3) is 0 Å². The highest BCUT2D eigenvalue weighted by Gasteiger charge is 2.26. The van der Waals surface area contributed by atoms with Gasteiger partial charge < -0.3 is 15.5 Å². The van der Waals surface area contributed by atoms with Gasteiger partial charge in [0, 0.05) is 28.6 Å². The van der Waals surface area contributed by atoms with Gasteiger partial charge in [0.15, 0.2) is 0 Å². The van der Waals surface area contributed by atoms with Crippen molar-refractivity contribution in [2.24, 2.45) is 0 Å². The number of allylic oxidation sites excluding steroid dienone is 4. The van der Waals surface area contributed by atoms with E-state index in [1.807, 2.05) is 38.0 Å². The number of nitrogens with zero attached hydrogens (tertiary/aromatic N) is 1. The maximum Gasteiger partial charge on any atom is 0.0602 e. The highest BCUT2D eigenvalue weighted by atomic mass is 32.2. The number of fused-ring (bicyclic) bond motifs is 2. The monoisotopic (exact) mass is 539 g/mol. The van der Waals surface area contributed by atoms with Crippen molar-refractivity contribution in [2.75, 3.05) is 18.0 Å². The highest BCUT2D eigenvalue weighted by molar-refractivity contribution is 7.99. The lowest BCUT2D eigenvalue weighted by Gasteiger charge is -2.34. The molecule has 0 saturated heterocycles. The van der Waals surface area contributed by atoms with Crippen LogP contribution in [-0.4, -0.2) is 13.1 Å². The minimum Gasteiger partial charge on any atom is -0.387 e. The Bertz CT molecular complexity index is 1550. The number of hydrogen-bond donors (Lipinski definition) is 2. The molecule has 4 aromatic rings. The zero-order chi connectivity index (χ0) is 27.3. The van der Waals surface area contributed by atoms with Gasteiger partial charge in [-0.25, -0.2) is 0 Å². The Morgan fingerprint density at radius 1 is 0.575 bits per heavy atom. The normalized spacial score (nSPS) is 14.9. The lowest BCUT2D eigenvalue weighted by Crippen LogP contribution is -2.15. The Balaban J connectivity index is 0.00000142. The fraction of sp³-hybridized carbons (Fsp3) is 0.111. The summed E-state index contributed by atoms with van der Waals surface area (Å²) in [6.45, 7) is 5.72. The van der Waals surface area contributed by atoms with Crippen molar-refractivity contribution < 1.29 is 0 Å². The van der Waals surface area contributed by atoms with Crippen molar-refractivity contribution in [1.82, 2.24) is 10.6 Å². The number of anilines is 3. The minimum atomic E-state index is 0.861. The van der Waals surface area contributed by atoms with Crippen molar-refractivity contribution in [3.05, 3.63) is 139 Å².